The Balaban J connectivity index is 1.36. The highest BCUT2D eigenvalue weighted by Gasteiger charge is 2.18. The highest BCUT2D eigenvalue weighted by molar-refractivity contribution is 5.76. The van der Waals surface area contributed by atoms with Crippen molar-refractivity contribution in [2.45, 2.75) is 58.6 Å². The van der Waals surface area contributed by atoms with Crippen LogP contribution in [0, 0.1) is 0 Å². The van der Waals surface area contributed by atoms with Crippen molar-refractivity contribution in [3.63, 3.8) is 0 Å². The number of rotatable bonds is 11. The van der Waals surface area contributed by atoms with E-state index in [0.717, 1.165) is 54.2 Å². The van der Waals surface area contributed by atoms with Gasteiger partial charge in [-0.25, -0.2) is 4.98 Å². The highest BCUT2D eigenvalue weighted by Crippen LogP contribution is 2.26. The Morgan fingerprint density at radius 2 is 1.55 bits per heavy atom. The smallest absolute Gasteiger partial charge is 0.153 e. The number of fused-ring (bicyclic) bond motifs is 1. The van der Waals surface area contributed by atoms with Crippen LogP contribution in [0.1, 0.15) is 63.4 Å². The molecule has 0 aliphatic heterocycles. The number of aryl methyl sites for hydroxylation is 1. The second-order valence-corrected chi connectivity index (χ2v) is 8.62. The van der Waals surface area contributed by atoms with Gasteiger partial charge < -0.3 is 14.0 Å². The predicted molar refractivity (Wildman–Crippen MR) is 135 cm³/mol. The molecule has 4 rings (SSSR count). The number of imidazole rings is 1. The third-order valence-corrected chi connectivity index (χ3v) is 6.21. The van der Waals surface area contributed by atoms with Crippen LogP contribution in [0.5, 0.6) is 11.5 Å². The summed E-state index contributed by atoms with van der Waals surface area (Å²) in [5, 5.41) is 0. The molecule has 172 valence electrons. The summed E-state index contributed by atoms with van der Waals surface area (Å²) < 4.78 is 14.5. The average Bonchev–Trinajstić information content (AvgIpc) is 3.23. The quantitative estimate of drug-likeness (QED) is 0.225. The molecule has 3 aromatic carbocycles. The Hall–Kier alpha value is -3.27. The summed E-state index contributed by atoms with van der Waals surface area (Å²) >= 11 is 0. The van der Waals surface area contributed by atoms with Gasteiger partial charge in [-0.05, 0) is 74.1 Å². The third-order valence-electron chi connectivity index (χ3n) is 6.21. The van der Waals surface area contributed by atoms with Crippen LogP contribution in [0.25, 0.3) is 11.0 Å². The van der Waals surface area contributed by atoms with Gasteiger partial charge in [-0.2, -0.15) is 0 Å². The Kier molecular flexibility index (Phi) is 7.66. The molecule has 4 heteroatoms. The standard InChI is InChI=1S/C29H34N2O2/c1-4-22(2)24-16-18-25(19-17-24)32-21-11-10-20-31-28-15-9-8-14-27(28)30-29(31)23(3)33-26-12-6-5-7-13-26/h5-9,12-19,22-23H,4,10-11,20-21H2,1-3H3. The molecule has 2 unspecified atom stereocenters. The second-order valence-electron chi connectivity index (χ2n) is 8.62. The van der Waals surface area contributed by atoms with Crippen LogP contribution in [0.4, 0.5) is 0 Å². The van der Waals surface area contributed by atoms with Gasteiger partial charge in [0.15, 0.2) is 11.9 Å². The molecule has 0 saturated carbocycles. The molecule has 1 aromatic heterocycles. The minimum absolute atomic E-state index is 0.139. The average molecular weight is 443 g/mol. The highest BCUT2D eigenvalue weighted by atomic mass is 16.5. The van der Waals surface area contributed by atoms with Crippen LogP contribution in [0.2, 0.25) is 0 Å². The number of nitrogens with zero attached hydrogens (tertiary/aromatic N) is 2. The first-order valence-electron chi connectivity index (χ1n) is 12.1. The molecule has 33 heavy (non-hydrogen) atoms. The van der Waals surface area contributed by atoms with Gasteiger partial charge in [0.2, 0.25) is 0 Å². The number of hydrogen-bond acceptors (Lipinski definition) is 3. The minimum Gasteiger partial charge on any atom is -0.494 e. The SMILES string of the molecule is CCC(C)c1ccc(OCCCCn2c(C(C)Oc3ccccc3)nc3ccccc32)cc1. The van der Waals surface area contributed by atoms with E-state index in [-0.39, 0.29) is 6.10 Å². The van der Waals surface area contributed by atoms with E-state index in [1.807, 2.05) is 36.4 Å². The summed E-state index contributed by atoms with van der Waals surface area (Å²) in [5.41, 5.74) is 3.53. The number of benzene rings is 3. The Bertz CT molecular complexity index is 1140. The van der Waals surface area contributed by atoms with Gasteiger partial charge in [0.1, 0.15) is 11.5 Å². The van der Waals surface area contributed by atoms with Crippen LogP contribution < -0.4 is 9.47 Å². The maximum absolute atomic E-state index is 6.18. The van der Waals surface area contributed by atoms with Crippen molar-refractivity contribution in [3.8, 4) is 11.5 Å². The molecular formula is C29H34N2O2. The van der Waals surface area contributed by atoms with E-state index in [9.17, 15) is 0 Å². The summed E-state index contributed by atoms with van der Waals surface area (Å²) in [4.78, 5) is 4.89. The van der Waals surface area contributed by atoms with E-state index >= 15 is 0 Å². The largest absolute Gasteiger partial charge is 0.494 e. The second kappa shape index (κ2) is 11.0. The molecule has 0 amide bonds. The predicted octanol–water partition coefficient (Wildman–Crippen LogP) is 7.55. The normalized spacial score (nSPS) is 13.1. The molecule has 0 N–H and O–H groups in total. The molecule has 0 bridgehead atoms. The summed E-state index contributed by atoms with van der Waals surface area (Å²) in [6.45, 7) is 8.14. The van der Waals surface area contributed by atoms with Crippen molar-refractivity contribution in [1.29, 1.82) is 0 Å². The molecule has 0 aliphatic carbocycles. The summed E-state index contributed by atoms with van der Waals surface area (Å²) in [5.74, 6) is 3.35. The van der Waals surface area contributed by atoms with E-state index in [1.165, 1.54) is 5.56 Å². The fraction of sp³-hybridized carbons (Fsp3) is 0.345. The summed E-state index contributed by atoms with van der Waals surface area (Å²) in [7, 11) is 0. The van der Waals surface area contributed by atoms with E-state index in [1.54, 1.807) is 0 Å². The van der Waals surface area contributed by atoms with Gasteiger partial charge >= 0.3 is 0 Å². The first-order valence-corrected chi connectivity index (χ1v) is 12.1. The zero-order valence-corrected chi connectivity index (χ0v) is 19.9. The number of aromatic nitrogens is 2. The van der Waals surface area contributed by atoms with Gasteiger partial charge in [0, 0.05) is 6.54 Å². The van der Waals surface area contributed by atoms with Crippen molar-refractivity contribution < 1.29 is 9.47 Å². The summed E-state index contributed by atoms with van der Waals surface area (Å²) in [6.07, 6.45) is 3.00. The van der Waals surface area contributed by atoms with Crippen molar-refractivity contribution in [3.05, 3.63) is 90.3 Å². The van der Waals surface area contributed by atoms with Crippen LogP contribution in [-0.4, -0.2) is 16.2 Å². The van der Waals surface area contributed by atoms with Gasteiger partial charge in [0.05, 0.1) is 17.6 Å². The monoisotopic (exact) mass is 442 g/mol. The maximum Gasteiger partial charge on any atom is 0.153 e. The van der Waals surface area contributed by atoms with E-state index < -0.39 is 0 Å². The van der Waals surface area contributed by atoms with Crippen molar-refractivity contribution in [2.75, 3.05) is 6.61 Å². The Labute approximate surface area is 197 Å². The van der Waals surface area contributed by atoms with Crippen LogP contribution in [-0.2, 0) is 6.54 Å². The minimum atomic E-state index is -0.139. The lowest BCUT2D eigenvalue weighted by atomic mass is 9.99. The van der Waals surface area contributed by atoms with Gasteiger partial charge in [-0.3, -0.25) is 0 Å². The van der Waals surface area contributed by atoms with Crippen LogP contribution in [0.15, 0.2) is 78.9 Å². The lowest BCUT2D eigenvalue weighted by Crippen LogP contribution is -2.12. The van der Waals surface area contributed by atoms with E-state index in [0.29, 0.717) is 12.5 Å². The van der Waals surface area contributed by atoms with Crippen molar-refractivity contribution >= 4 is 11.0 Å². The number of unbranched alkanes of at least 4 members (excludes halogenated alkanes) is 1. The molecule has 0 spiro atoms. The van der Waals surface area contributed by atoms with E-state index in [4.69, 9.17) is 14.5 Å². The maximum atomic E-state index is 6.18. The van der Waals surface area contributed by atoms with Gasteiger partial charge in [-0.1, -0.05) is 56.3 Å². The Morgan fingerprint density at radius 3 is 2.30 bits per heavy atom. The molecule has 0 saturated heterocycles. The lowest BCUT2D eigenvalue weighted by Gasteiger charge is -2.17. The summed E-state index contributed by atoms with van der Waals surface area (Å²) in [6, 6.07) is 26.8. The fourth-order valence-electron chi connectivity index (χ4n) is 4.09. The zero-order chi connectivity index (χ0) is 23.0. The molecule has 0 radical (unpaired) electrons. The molecule has 0 fully saturated rings. The number of hydrogen-bond donors (Lipinski definition) is 0. The van der Waals surface area contributed by atoms with E-state index in [2.05, 4.69) is 67.8 Å². The fourth-order valence-corrected chi connectivity index (χ4v) is 4.09. The van der Waals surface area contributed by atoms with Gasteiger partial charge in [-0.15, -0.1) is 0 Å². The molecule has 1 heterocycles. The van der Waals surface area contributed by atoms with Crippen molar-refractivity contribution in [1.82, 2.24) is 9.55 Å². The lowest BCUT2D eigenvalue weighted by molar-refractivity contribution is 0.211. The molecule has 4 aromatic rings. The van der Waals surface area contributed by atoms with Crippen molar-refractivity contribution in [2.24, 2.45) is 0 Å². The van der Waals surface area contributed by atoms with Crippen LogP contribution >= 0.6 is 0 Å². The van der Waals surface area contributed by atoms with Crippen LogP contribution in [0.3, 0.4) is 0 Å². The topological polar surface area (TPSA) is 36.3 Å². The first-order chi connectivity index (χ1) is 16.2. The molecular weight excluding hydrogens is 408 g/mol. The molecule has 0 aliphatic rings. The molecule has 2 atom stereocenters. The zero-order valence-electron chi connectivity index (χ0n) is 19.9. The Morgan fingerprint density at radius 1 is 0.818 bits per heavy atom. The number of para-hydroxylation sites is 3. The third kappa shape index (κ3) is 5.75. The molecule has 4 nitrogen and oxygen atoms in total. The van der Waals surface area contributed by atoms with Gasteiger partial charge in [0.25, 0.3) is 0 Å². The first kappa shape index (κ1) is 22.9. The number of ether oxygens (including phenoxy) is 2.